The monoisotopic (exact) mass is 381 g/mol. The number of aromatic nitrogens is 2. The molecule has 1 fully saturated rings. The van der Waals surface area contributed by atoms with Crippen LogP contribution in [0.1, 0.15) is 51.1 Å². The number of hydrogen-bond acceptors (Lipinski definition) is 7. The van der Waals surface area contributed by atoms with Crippen molar-refractivity contribution in [3.05, 3.63) is 30.0 Å². The standard InChI is InChI=1S/C21H27N5O2/c1-3-15(4-2)28-21(27)16(13-22)19-20(24-14-9-11-23-12-10-14)26-18-8-6-5-7-17(18)25-19/h5-8,14-16,23H,3-4,9-12H2,1-2H3,(H,24,26). The number of benzene rings is 1. The van der Waals surface area contributed by atoms with Crippen molar-refractivity contribution in [2.45, 2.75) is 57.6 Å². The highest BCUT2D eigenvalue weighted by Crippen LogP contribution is 2.27. The Bertz CT molecular complexity index is 853. The number of nitrogens with one attached hydrogen (secondary N) is 2. The average molecular weight is 381 g/mol. The van der Waals surface area contributed by atoms with Crippen molar-refractivity contribution in [1.82, 2.24) is 15.3 Å². The number of esters is 1. The van der Waals surface area contributed by atoms with Gasteiger partial charge in [-0.1, -0.05) is 26.0 Å². The first-order chi connectivity index (χ1) is 13.7. The van der Waals surface area contributed by atoms with E-state index in [0.717, 1.165) is 31.4 Å². The third-order valence-electron chi connectivity index (χ3n) is 5.11. The lowest BCUT2D eigenvalue weighted by molar-refractivity contribution is -0.149. The normalized spacial score (nSPS) is 15.9. The van der Waals surface area contributed by atoms with Gasteiger partial charge in [-0.05, 0) is 50.9 Å². The van der Waals surface area contributed by atoms with Crippen LogP contribution in [-0.4, -0.2) is 41.2 Å². The van der Waals surface area contributed by atoms with Crippen molar-refractivity contribution >= 4 is 22.8 Å². The summed E-state index contributed by atoms with van der Waals surface area (Å²) >= 11 is 0. The first-order valence-electron chi connectivity index (χ1n) is 10.00. The minimum absolute atomic E-state index is 0.197. The molecule has 148 valence electrons. The zero-order chi connectivity index (χ0) is 19.9. The van der Waals surface area contributed by atoms with Crippen molar-refractivity contribution < 1.29 is 9.53 Å². The third kappa shape index (κ3) is 4.57. The summed E-state index contributed by atoms with van der Waals surface area (Å²) in [6.07, 6.45) is 3.12. The van der Waals surface area contributed by atoms with Crippen molar-refractivity contribution in [3.63, 3.8) is 0 Å². The Morgan fingerprint density at radius 1 is 1.25 bits per heavy atom. The maximum Gasteiger partial charge on any atom is 0.329 e. The summed E-state index contributed by atoms with van der Waals surface area (Å²) < 4.78 is 5.55. The predicted molar refractivity (Wildman–Crippen MR) is 108 cm³/mol. The molecule has 0 radical (unpaired) electrons. The molecular weight excluding hydrogens is 354 g/mol. The van der Waals surface area contributed by atoms with Crippen LogP contribution in [-0.2, 0) is 9.53 Å². The minimum atomic E-state index is -1.11. The highest BCUT2D eigenvalue weighted by Gasteiger charge is 2.30. The zero-order valence-electron chi connectivity index (χ0n) is 16.4. The molecule has 0 bridgehead atoms. The van der Waals surface area contributed by atoms with Crippen LogP contribution in [0.3, 0.4) is 0 Å². The van der Waals surface area contributed by atoms with Gasteiger partial charge in [0.25, 0.3) is 0 Å². The molecule has 1 aromatic heterocycles. The molecule has 1 unspecified atom stereocenters. The molecule has 2 heterocycles. The molecule has 1 atom stereocenters. The Kier molecular flexibility index (Phi) is 6.77. The average Bonchev–Trinajstić information content (AvgIpc) is 2.73. The van der Waals surface area contributed by atoms with Gasteiger partial charge in [-0.25, -0.2) is 9.97 Å². The fourth-order valence-corrected chi connectivity index (χ4v) is 3.39. The van der Waals surface area contributed by atoms with E-state index >= 15 is 0 Å². The molecule has 2 N–H and O–H groups in total. The van der Waals surface area contributed by atoms with Gasteiger partial charge in [0.15, 0.2) is 11.7 Å². The van der Waals surface area contributed by atoms with Crippen LogP contribution in [0.15, 0.2) is 24.3 Å². The number of nitrogens with zero attached hydrogens (tertiary/aromatic N) is 3. The largest absolute Gasteiger partial charge is 0.461 e. The summed E-state index contributed by atoms with van der Waals surface area (Å²) in [6.45, 7) is 5.77. The number of rotatable bonds is 7. The van der Waals surface area contributed by atoms with Crippen LogP contribution in [0.2, 0.25) is 0 Å². The molecule has 1 aliphatic rings. The second kappa shape index (κ2) is 9.47. The lowest BCUT2D eigenvalue weighted by Crippen LogP contribution is -2.36. The van der Waals surface area contributed by atoms with Crippen molar-refractivity contribution in [1.29, 1.82) is 5.26 Å². The Morgan fingerprint density at radius 3 is 2.50 bits per heavy atom. The molecule has 7 heteroatoms. The number of hydrogen-bond donors (Lipinski definition) is 2. The number of fused-ring (bicyclic) bond motifs is 1. The molecule has 0 amide bonds. The molecule has 2 aromatic rings. The minimum Gasteiger partial charge on any atom is -0.461 e. The molecule has 0 saturated carbocycles. The highest BCUT2D eigenvalue weighted by atomic mass is 16.5. The van der Waals surface area contributed by atoms with Crippen molar-refractivity contribution in [2.24, 2.45) is 0 Å². The topological polar surface area (TPSA) is 99.9 Å². The maximum atomic E-state index is 12.7. The van der Waals surface area contributed by atoms with Crippen LogP contribution in [0.25, 0.3) is 11.0 Å². The number of piperidine rings is 1. The number of nitriles is 1. The molecule has 3 rings (SSSR count). The fourth-order valence-electron chi connectivity index (χ4n) is 3.39. The lowest BCUT2D eigenvalue weighted by Gasteiger charge is -2.25. The van der Waals surface area contributed by atoms with E-state index in [9.17, 15) is 10.1 Å². The SMILES string of the molecule is CCC(CC)OC(=O)C(C#N)c1nc2ccccc2nc1NC1CCNCC1. The van der Waals surface area contributed by atoms with Gasteiger partial charge >= 0.3 is 5.97 Å². The summed E-state index contributed by atoms with van der Waals surface area (Å²) in [5, 5.41) is 16.5. The van der Waals surface area contributed by atoms with Gasteiger partial charge in [-0.15, -0.1) is 0 Å². The fraction of sp³-hybridized carbons (Fsp3) is 0.524. The van der Waals surface area contributed by atoms with E-state index in [1.54, 1.807) is 0 Å². The Hall–Kier alpha value is -2.72. The number of para-hydroxylation sites is 2. The van der Waals surface area contributed by atoms with Crippen LogP contribution in [0.5, 0.6) is 0 Å². The molecular formula is C21H27N5O2. The molecule has 28 heavy (non-hydrogen) atoms. The summed E-state index contributed by atoms with van der Waals surface area (Å²) in [5.74, 6) is -1.17. The molecule has 0 spiro atoms. The lowest BCUT2D eigenvalue weighted by atomic mass is 10.0. The second-order valence-corrected chi connectivity index (χ2v) is 7.05. The summed E-state index contributed by atoms with van der Waals surface area (Å²) in [7, 11) is 0. The number of ether oxygens (including phenoxy) is 1. The quantitative estimate of drug-likeness (QED) is 0.711. The second-order valence-electron chi connectivity index (χ2n) is 7.05. The predicted octanol–water partition coefficient (Wildman–Crippen LogP) is 3.13. The first kappa shape index (κ1) is 20.0. The van der Waals surface area contributed by atoms with Crippen LogP contribution < -0.4 is 10.6 Å². The van der Waals surface area contributed by atoms with E-state index in [0.29, 0.717) is 29.9 Å². The van der Waals surface area contributed by atoms with E-state index in [-0.39, 0.29) is 12.1 Å². The van der Waals surface area contributed by atoms with Gasteiger partial charge in [-0.2, -0.15) is 5.26 Å². The van der Waals surface area contributed by atoms with Crippen LogP contribution >= 0.6 is 0 Å². The van der Waals surface area contributed by atoms with Gasteiger partial charge in [0.05, 0.1) is 17.1 Å². The first-order valence-corrected chi connectivity index (χ1v) is 10.00. The van der Waals surface area contributed by atoms with Crippen LogP contribution in [0.4, 0.5) is 5.82 Å². The number of carbonyl (C=O) groups excluding carboxylic acids is 1. The van der Waals surface area contributed by atoms with Crippen LogP contribution in [0, 0.1) is 11.3 Å². The van der Waals surface area contributed by atoms with Gasteiger partial charge in [-0.3, -0.25) is 4.79 Å². The van der Waals surface area contributed by atoms with E-state index in [4.69, 9.17) is 4.74 Å². The van der Waals surface area contributed by atoms with E-state index in [2.05, 4.69) is 26.7 Å². The van der Waals surface area contributed by atoms with E-state index < -0.39 is 11.9 Å². The Balaban J connectivity index is 1.96. The van der Waals surface area contributed by atoms with Gasteiger partial charge < -0.3 is 15.4 Å². The number of anilines is 1. The van der Waals surface area contributed by atoms with E-state index in [1.807, 2.05) is 38.1 Å². The van der Waals surface area contributed by atoms with Gasteiger partial charge in [0, 0.05) is 6.04 Å². The molecule has 7 nitrogen and oxygen atoms in total. The Labute approximate surface area is 165 Å². The molecule has 1 aromatic carbocycles. The van der Waals surface area contributed by atoms with Gasteiger partial charge in [0.1, 0.15) is 11.8 Å². The molecule has 1 aliphatic heterocycles. The third-order valence-corrected chi connectivity index (χ3v) is 5.11. The number of carbonyl (C=O) groups is 1. The maximum absolute atomic E-state index is 12.7. The molecule has 1 saturated heterocycles. The van der Waals surface area contributed by atoms with Crippen molar-refractivity contribution in [3.8, 4) is 6.07 Å². The van der Waals surface area contributed by atoms with Gasteiger partial charge in [0.2, 0.25) is 0 Å². The zero-order valence-corrected chi connectivity index (χ0v) is 16.4. The summed E-state index contributed by atoms with van der Waals surface area (Å²) in [4.78, 5) is 22.0. The van der Waals surface area contributed by atoms with E-state index in [1.165, 1.54) is 0 Å². The highest BCUT2D eigenvalue weighted by molar-refractivity contribution is 5.85. The van der Waals surface area contributed by atoms with Crippen molar-refractivity contribution in [2.75, 3.05) is 18.4 Å². The molecule has 0 aliphatic carbocycles. The summed E-state index contributed by atoms with van der Waals surface area (Å²) in [6, 6.07) is 9.79. The smallest absolute Gasteiger partial charge is 0.329 e. The Morgan fingerprint density at radius 2 is 1.89 bits per heavy atom. The summed E-state index contributed by atoms with van der Waals surface area (Å²) in [5.41, 5.74) is 1.73.